The topological polar surface area (TPSA) is 23.6 Å². The molecule has 0 aromatic carbocycles. The van der Waals surface area contributed by atoms with Crippen LogP contribution in [0, 0.1) is 0 Å². The standard InChI is InChI=1S/C19H20N2O/c1-3-20-15-11-7-5-9-13-17(20)19(22)18-14-10-6-8-12-16-21(18)4-2/h3-18H,1-2H2. The molecule has 0 fully saturated rings. The van der Waals surface area contributed by atoms with Gasteiger partial charge in [0.25, 0.3) is 0 Å². The van der Waals surface area contributed by atoms with Crippen LogP contribution in [-0.4, -0.2) is 27.7 Å². The maximum Gasteiger partial charge on any atom is 0.186 e. The lowest BCUT2D eigenvalue weighted by Crippen LogP contribution is -2.44. The fourth-order valence-electron chi connectivity index (χ4n) is 2.29. The Labute approximate surface area is 131 Å². The Morgan fingerprint density at radius 3 is 1.55 bits per heavy atom. The van der Waals surface area contributed by atoms with Crippen molar-refractivity contribution in [2.45, 2.75) is 12.1 Å². The summed E-state index contributed by atoms with van der Waals surface area (Å²) in [5.41, 5.74) is 0. The third kappa shape index (κ3) is 3.64. The molecule has 2 heterocycles. The van der Waals surface area contributed by atoms with Crippen molar-refractivity contribution in [1.82, 2.24) is 9.80 Å². The molecule has 0 saturated heterocycles. The van der Waals surface area contributed by atoms with Crippen LogP contribution in [0.4, 0.5) is 0 Å². The van der Waals surface area contributed by atoms with Gasteiger partial charge in [0, 0.05) is 12.4 Å². The van der Waals surface area contributed by atoms with Crippen LogP contribution in [-0.2, 0) is 4.79 Å². The molecular formula is C19H20N2O. The second-order valence-electron chi connectivity index (χ2n) is 4.77. The van der Waals surface area contributed by atoms with Gasteiger partial charge in [0.2, 0.25) is 0 Å². The summed E-state index contributed by atoms with van der Waals surface area (Å²) < 4.78 is 0. The summed E-state index contributed by atoms with van der Waals surface area (Å²) in [6.45, 7) is 7.59. The highest BCUT2D eigenvalue weighted by Gasteiger charge is 2.28. The van der Waals surface area contributed by atoms with E-state index in [9.17, 15) is 4.79 Å². The molecule has 0 saturated carbocycles. The van der Waals surface area contributed by atoms with Crippen molar-refractivity contribution < 1.29 is 4.79 Å². The molecule has 0 radical (unpaired) electrons. The van der Waals surface area contributed by atoms with Crippen LogP contribution in [0.25, 0.3) is 0 Å². The fraction of sp³-hybridized carbons (Fsp3) is 0.105. The maximum atomic E-state index is 13.0. The number of rotatable bonds is 4. The zero-order valence-electron chi connectivity index (χ0n) is 12.5. The van der Waals surface area contributed by atoms with Gasteiger partial charge in [-0.1, -0.05) is 61.8 Å². The van der Waals surface area contributed by atoms with E-state index in [1.807, 2.05) is 73.2 Å². The van der Waals surface area contributed by atoms with E-state index in [2.05, 4.69) is 13.2 Å². The van der Waals surface area contributed by atoms with Crippen molar-refractivity contribution in [3.63, 3.8) is 0 Å². The van der Waals surface area contributed by atoms with Crippen molar-refractivity contribution in [2.24, 2.45) is 0 Å². The van der Waals surface area contributed by atoms with Crippen LogP contribution in [0.2, 0.25) is 0 Å². The van der Waals surface area contributed by atoms with Crippen LogP contribution in [0.15, 0.2) is 98.7 Å². The predicted molar refractivity (Wildman–Crippen MR) is 91.5 cm³/mol. The van der Waals surface area contributed by atoms with E-state index in [4.69, 9.17) is 0 Å². The average Bonchev–Trinajstić information content (AvgIpc) is 2.47. The molecule has 22 heavy (non-hydrogen) atoms. The number of hydrogen-bond donors (Lipinski definition) is 0. The minimum atomic E-state index is -0.410. The monoisotopic (exact) mass is 292 g/mol. The van der Waals surface area contributed by atoms with E-state index in [0.29, 0.717) is 0 Å². The average molecular weight is 292 g/mol. The Morgan fingerprint density at radius 1 is 0.727 bits per heavy atom. The lowest BCUT2D eigenvalue weighted by Gasteiger charge is -2.31. The van der Waals surface area contributed by atoms with E-state index in [1.54, 1.807) is 22.2 Å². The van der Waals surface area contributed by atoms with E-state index >= 15 is 0 Å². The largest absolute Gasteiger partial charge is 0.341 e. The first-order valence-electron chi connectivity index (χ1n) is 7.15. The lowest BCUT2D eigenvalue weighted by atomic mass is 10.0. The number of allylic oxidation sites excluding steroid dienone is 8. The van der Waals surface area contributed by atoms with Crippen LogP contribution >= 0.6 is 0 Å². The molecule has 0 aliphatic carbocycles. The van der Waals surface area contributed by atoms with Crippen molar-refractivity contribution >= 4 is 5.78 Å². The summed E-state index contributed by atoms with van der Waals surface area (Å²) in [5.74, 6) is 0.0483. The van der Waals surface area contributed by atoms with Gasteiger partial charge in [-0.3, -0.25) is 4.79 Å². The smallest absolute Gasteiger partial charge is 0.186 e. The third-order valence-electron chi connectivity index (χ3n) is 3.42. The number of ketones is 1. The summed E-state index contributed by atoms with van der Waals surface area (Å²) in [4.78, 5) is 16.6. The highest BCUT2D eigenvalue weighted by atomic mass is 16.1. The fourth-order valence-corrected chi connectivity index (χ4v) is 2.29. The Morgan fingerprint density at radius 2 is 1.14 bits per heavy atom. The van der Waals surface area contributed by atoms with E-state index in [-0.39, 0.29) is 5.78 Å². The Bertz CT molecular complexity index is 553. The van der Waals surface area contributed by atoms with Gasteiger partial charge in [-0.05, 0) is 24.6 Å². The molecule has 0 amide bonds. The minimum Gasteiger partial charge on any atom is -0.341 e. The highest BCUT2D eigenvalue weighted by Crippen LogP contribution is 2.16. The van der Waals surface area contributed by atoms with E-state index in [0.717, 1.165) is 0 Å². The summed E-state index contributed by atoms with van der Waals surface area (Å²) in [6.07, 6.45) is 25.9. The minimum absolute atomic E-state index is 0.0483. The molecule has 0 aromatic rings. The molecule has 0 spiro atoms. The van der Waals surface area contributed by atoms with Crippen LogP contribution in [0.5, 0.6) is 0 Å². The van der Waals surface area contributed by atoms with Crippen LogP contribution < -0.4 is 0 Å². The first-order chi connectivity index (χ1) is 10.8. The zero-order valence-corrected chi connectivity index (χ0v) is 12.5. The Balaban J connectivity index is 2.34. The van der Waals surface area contributed by atoms with Gasteiger partial charge in [0.05, 0.1) is 0 Å². The molecule has 0 N–H and O–H groups in total. The molecule has 0 bridgehead atoms. The van der Waals surface area contributed by atoms with Gasteiger partial charge in [0.1, 0.15) is 12.1 Å². The molecule has 2 atom stereocenters. The van der Waals surface area contributed by atoms with Crippen LogP contribution in [0.3, 0.4) is 0 Å². The van der Waals surface area contributed by atoms with Crippen molar-refractivity contribution in [2.75, 3.05) is 0 Å². The number of carbonyl (C=O) groups is 1. The van der Waals surface area contributed by atoms with Gasteiger partial charge in [-0.2, -0.15) is 0 Å². The van der Waals surface area contributed by atoms with Gasteiger partial charge in [-0.25, -0.2) is 0 Å². The molecule has 2 rings (SSSR count). The second-order valence-corrected chi connectivity index (χ2v) is 4.77. The molecule has 3 nitrogen and oxygen atoms in total. The van der Waals surface area contributed by atoms with E-state index in [1.165, 1.54) is 0 Å². The molecule has 112 valence electrons. The quantitative estimate of drug-likeness (QED) is 0.793. The number of Topliss-reactive ketones (excluding diaryl/α,β-unsaturated/α-hetero) is 1. The van der Waals surface area contributed by atoms with Crippen molar-refractivity contribution in [3.05, 3.63) is 98.7 Å². The zero-order chi connectivity index (χ0) is 15.8. The van der Waals surface area contributed by atoms with Gasteiger partial charge >= 0.3 is 0 Å². The molecule has 2 unspecified atom stereocenters. The summed E-state index contributed by atoms with van der Waals surface area (Å²) in [6, 6.07) is -0.819. The Kier molecular flexibility index (Phi) is 5.55. The van der Waals surface area contributed by atoms with Gasteiger partial charge in [0.15, 0.2) is 5.78 Å². The molecule has 2 aliphatic rings. The first kappa shape index (κ1) is 15.6. The van der Waals surface area contributed by atoms with Crippen LogP contribution in [0.1, 0.15) is 0 Å². The van der Waals surface area contributed by atoms with Crippen molar-refractivity contribution in [3.8, 4) is 0 Å². The SMILES string of the molecule is C=CN1C=CC=CC=CC1C(=O)C1C=CC=CC=CN1C=C. The van der Waals surface area contributed by atoms with Gasteiger partial charge in [-0.15, -0.1) is 0 Å². The molecule has 3 heteroatoms. The molecule has 2 aliphatic heterocycles. The Hall–Kier alpha value is -2.81. The summed E-state index contributed by atoms with van der Waals surface area (Å²) in [5, 5.41) is 0. The third-order valence-corrected chi connectivity index (χ3v) is 3.42. The summed E-state index contributed by atoms with van der Waals surface area (Å²) in [7, 11) is 0. The highest BCUT2D eigenvalue weighted by molar-refractivity contribution is 5.93. The van der Waals surface area contributed by atoms with E-state index < -0.39 is 12.1 Å². The molecular weight excluding hydrogens is 272 g/mol. The number of carbonyl (C=O) groups excluding carboxylic acids is 1. The first-order valence-corrected chi connectivity index (χ1v) is 7.15. The normalized spacial score (nSPS) is 23.6. The maximum absolute atomic E-state index is 13.0. The van der Waals surface area contributed by atoms with Crippen molar-refractivity contribution in [1.29, 1.82) is 0 Å². The second kappa shape index (κ2) is 7.84. The van der Waals surface area contributed by atoms with Gasteiger partial charge < -0.3 is 9.80 Å². The lowest BCUT2D eigenvalue weighted by molar-refractivity contribution is -0.123. The summed E-state index contributed by atoms with van der Waals surface area (Å²) >= 11 is 0. The predicted octanol–water partition coefficient (Wildman–Crippen LogP) is 3.46. The number of hydrogen-bond acceptors (Lipinski definition) is 3. The molecule has 0 aromatic heterocycles. The number of nitrogens with zero attached hydrogens (tertiary/aromatic N) is 2.